The lowest BCUT2D eigenvalue weighted by atomic mass is 10.3. The molecule has 0 radical (unpaired) electrons. The fourth-order valence-corrected chi connectivity index (χ4v) is 2.89. The number of imidazole rings is 1. The summed E-state index contributed by atoms with van der Waals surface area (Å²) in [4.78, 5) is 24.6. The molecular weight excluding hydrogens is 326 g/mol. The van der Waals surface area contributed by atoms with E-state index in [0.717, 1.165) is 16.6 Å². The maximum Gasteiger partial charge on any atom is 0.287 e. The molecule has 0 aliphatic carbocycles. The molecule has 0 bridgehead atoms. The Bertz CT molecular complexity index is 842. The molecule has 8 heteroatoms. The van der Waals surface area contributed by atoms with Crippen LogP contribution in [-0.4, -0.2) is 25.4 Å². The molecule has 24 heavy (non-hydrogen) atoms. The molecule has 3 rings (SSSR count). The molecule has 3 heterocycles. The van der Waals surface area contributed by atoms with Gasteiger partial charge in [0.25, 0.3) is 5.91 Å². The number of aryl methyl sites for hydroxylation is 2. The molecule has 7 nitrogen and oxygen atoms in total. The molecule has 3 aromatic rings. The zero-order valence-corrected chi connectivity index (χ0v) is 14.2. The molecule has 0 saturated heterocycles. The molecular formula is C16H17N5O2S. The zero-order valence-electron chi connectivity index (χ0n) is 13.4. The lowest BCUT2D eigenvalue weighted by Gasteiger charge is -2.03. The highest BCUT2D eigenvalue weighted by atomic mass is 32.2. The Hall–Kier alpha value is -2.61. The number of hydrogen-bond donors (Lipinski definition) is 1. The SMILES string of the molecule is Cc1nccc(CNC(=O)c2ccc(CSc3nccn3C)o2)n1. The summed E-state index contributed by atoms with van der Waals surface area (Å²) in [6, 6.07) is 5.25. The van der Waals surface area contributed by atoms with Gasteiger partial charge in [-0.2, -0.15) is 0 Å². The summed E-state index contributed by atoms with van der Waals surface area (Å²) in [5, 5.41) is 3.69. The van der Waals surface area contributed by atoms with E-state index >= 15 is 0 Å². The van der Waals surface area contributed by atoms with Gasteiger partial charge in [-0.25, -0.2) is 15.0 Å². The fourth-order valence-electron chi connectivity index (χ4n) is 2.07. The minimum atomic E-state index is -0.264. The Labute approximate surface area is 143 Å². The molecule has 0 unspecified atom stereocenters. The summed E-state index contributed by atoms with van der Waals surface area (Å²) in [5.41, 5.74) is 0.757. The topological polar surface area (TPSA) is 85.8 Å². The summed E-state index contributed by atoms with van der Waals surface area (Å²) in [6.45, 7) is 2.14. The van der Waals surface area contributed by atoms with Crippen LogP contribution < -0.4 is 5.32 Å². The van der Waals surface area contributed by atoms with E-state index in [4.69, 9.17) is 4.42 Å². The smallest absolute Gasteiger partial charge is 0.287 e. The van der Waals surface area contributed by atoms with E-state index in [2.05, 4.69) is 20.3 Å². The van der Waals surface area contributed by atoms with Gasteiger partial charge in [0.05, 0.1) is 18.0 Å². The number of thioether (sulfide) groups is 1. The summed E-state index contributed by atoms with van der Waals surface area (Å²) in [7, 11) is 1.94. The van der Waals surface area contributed by atoms with Gasteiger partial charge in [0.1, 0.15) is 11.6 Å². The van der Waals surface area contributed by atoms with Crippen molar-refractivity contribution in [1.29, 1.82) is 0 Å². The molecule has 0 atom stereocenters. The van der Waals surface area contributed by atoms with Crippen molar-refractivity contribution in [2.75, 3.05) is 0 Å². The molecule has 0 aliphatic rings. The Kier molecular flexibility index (Phi) is 4.95. The van der Waals surface area contributed by atoms with Gasteiger partial charge >= 0.3 is 0 Å². The van der Waals surface area contributed by atoms with Crippen molar-refractivity contribution in [3.8, 4) is 0 Å². The van der Waals surface area contributed by atoms with E-state index in [-0.39, 0.29) is 11.7 Å². The van der Waals surface area contributed by atoms with Crippen LogP contribution in [-0.2, 0) is 19.3 Å². The normalized spacial score (nSPS) is 10.8. The van der Waals surface area contributed by atoms with Crippen LogP contribution in [0.3, 0.4) is 0 Å². The monoisotopic (exact) mass is 343 g/mol. The first kappa shape index (κ1) is 16.3. The van der Waals surface area contributed by atoms with Crippen LogP contribution in [0.15, 0.2) is 46.4 Å². The zero-order chi connectivity index (χ0) is 16.9. The van der Waals surface area contributed by atoms with E-state index in [1.54, 1.807) is 42.4 Å². The summed E-state index contributed by atoms with van der Waals surface area (Å²) in [6.07, 6.45) is 5.31. The van der Waals surface area contributed by atoms with Gasteiger partial charge < -0.3 is 14.3 Å². The first-order chi connectivity index (χ1) is 11.6. The largest absolute Gasteiger partial charge is 0.455 e. The highest BCUT2D eigenvalue weighted by molar-refractivity contribution is 7.98. The van der Waals surface area contributed by atoms with Crippen LogP contribution in [0, 0.1) is 6.92 Å². The average Bonchev–Trinajstić information content (AvgIpc) is 3.20. The Morgan fingerprint density at radius 2 is 2.17 bits per heavy atom. The Morgan fingerprint density at radius 3 is 2.92 bits per heavy atom. The maximum atomic E-state index is 12.1. The highest BCUT2D eigenvalue weighted by Crippen LogP contribution is 2.21. The third-order valence-corrected chi connectivity index (χ3v) is 4.35. The Balaban J connectivity index is 1.54. The van der Waals surface area contributed by atoms with Gasteiger partial charge in [-0.05, 0) is 25.1 Å². The van der Waals surface area contributed by atoms with E-state index in [1.807, 2.05) is 24.7 Å². The van der Waals surface area contributed by atoms with Crippen LogP contribution >= 0.6 is 11.8 Å². The quantitative estimate of drug-likeness (QED) is 0.691. The molecule has 1 N–H and O–H groups in total. The number of nitrogens with one attached hydrogen (secondary N) is 1. The van der Waals surface area contributed by atoms with Gasteiger partial charge in [-0.15, -0.1) is 0 Å². The van der Waals surface area contributed by atoms with Crippen molar-refractivity contribution >= 4 is 17.7 Å². The lowest BCUT2D eigenvalue weighted by Crippen LogP contribution is -2.23. The number of hydrogen-bond acceptors (Lipinski definition) is 6. The second-order valence-electron chi connectivity index (χ2n) is 5.15. The maximum absolute atomic E-state index is 12.1. The van der Waals surface area contributed by atoms with Crippen molar-refractivity contribution in [1.82, 2.24) is 24.8 Å². The first-order valence-electron chi connectivity index (χ1n) is 7.37. The molecule has 0 aromatic carbocycles. The van der Waals surface area contributed by atoms with Crippen molar-refractivity contribution in [2.45, 2.75) is 24.4 Å². The summed E-state index contributed by atoms with van der Waals surface area (Å²) < 4.78 is 7.53. The van der Waals surface area contributed by atoms with Gasteiger partial charge in [0, 0.05) is 25.6 Å². The Morgan fingerprint density at radius 1 is 1.29 bits per heavy atom. The predicted octanol–water partition coefficient (Wildman–Crippen LogP) is 2.33. The van der Waals surface area contributed by atoms with Crippen molar-refractivity contribution in [3.05, 3.63) is 59.8 Å². The molecule has 0 fully saturated rings. The second kappa shape index (κ2) is 7.31. The molecule has 0 aliphatic heterocycles. The average molecular weight is 343 g/mol. The van der Waals surface area contributed by atoms with E-state index in [0.29, 0.717) is 18.1 Å². The van der Waals surface area contributed by atoms with Gasteiger partial charge in [0.2, 0.25) is 0 Å². The van der Waals surface area contributed by atoms with Crippen LogP contribution in [0.4, 0.5) is 0 Å². The summed E-state index contributed by atoms with van der Waals surface area (Å²) in [5.74, 6) is 2.04. The molecule has 0 saturated carbocycles. The second-order valence-corrected chi connectivity index (χ2v) is 6.10. The van der Waals surface area contributed by atoms with E-state index in [9.17, 15) is 4.79 Å². The minimum Gasteiger partial charge on any atom is -0.455 e. The number of amides is 1. The van der Waals surface area contributed by atoms with Gasteiger partial charge in [-0.1, -0.05) is 11.8 Å². The lowest BCUT2D eigenvalue weighted by molar-refractivity contribution is 0.0921. The number of rotatable bonds is 6. The van der Waals surface area contributed by atoms with Gasteiger partial charge in [0.15, 0.2) is 10.9 Å². The third-order valence-electron chi connectivity index (χ3n) is 3.27. The summed E-state index contributed by atoms with van der Waals surface area (Å²) >= 11 is 1.55. The van der Waals surface area contributed by atoms with E-state index in [1.165, 1.54) is 0 Å². The molecule has 3 aromatic heterocycles. The third kappa shape index (κ3) is 4.02. The van der Waals surface area contributed by atoms with Crippen molar-refractivity contribution in [2.24, 2.45) is 7.05 Å². The number of carbonyl (C=O) groups excluding carboxylic acids is 1. The van der Waals surface area contributed by atoms with Crippen LogP contribution in [0.1, 0.15) is 27.8 Å². The number of furan rings is 1. The minimum absolute atomic E-state index is 0.264. The van der Waals surface area contributed by atoms with Crippen molar-refractivity contribution in [3.63, 3.8) is 0 Å². The predicted molar refractivity (Wildman–Crippen MR) is 89.4 cm³/mol. The van der Waals surface area contributed by atoms with Crippen LogP contribution in [0.25, 0.3) is 0 Å². The van der Waals surface area contributed by atoms with Crippen molar-refractivity contribution < 1.29 is 9.21 Å². The number of nitrogens with zero attached hydrogens (tertiary/aromatic N) is 4. The molecule has 1 amide bonds. The standard InChI is InChI=1S/C16H17N5O2S/c1-11-17-6-5-12(20-11)9-19-15(22)14-4-3-13(23-14)10-24-16-18-7-8-21(16)2/h3-8H,9-10H2,1-2H3,(H,19,22). The first-order valence-corrected chi connectivity index (χ1v) is 8.36. The van der Waals surface area contributed by atoms with Crippen LogP contribution in [0.2, 0.25) is 0 Å². The number of aromatic nitrogens is 4. The van der Waals surface area contributed by atoms with Crippen LogP contribution in [0.5, 0.6) is 0 Å². The highest BCUT2D eigenvalue weighted by Gasteiger charge is 2.12. The molecule has 0 spiro atoms. The fraction of sp³-hybridized carbons (Fsp3) is 0.250. The molecule has 124 valence electrons. The number of carbonyl (C=O) groups is 1. The van der Waals surface area contributed by atoms with E-state index < -0.39 is 0 Å². The van der Waals surface area contributed by atoms with Gasteiger partial charge in [-0.3, -0.25) is 4.79 Å².